The van der Waals surface area contributed by atoms with Gasteiger partial charge >= 0.3 is 5.97 Å². The lowest BCUT2D eigenvalue weighted by molar-refractivity contribution is -0.164. The molecular formula is C34H62N2O2. The maximum atomic E-state index is 11.8. The number of fused-ring (bicyclic) bond motifs is 5. The molecule has 220 valence electrons. The van der Waals surface area contributed by atoms with Crippen LogP contribution < -0.4 is 11.1 Å². The second-order valence-corrected chi connectivity index (χ2v) is 15.2. The maximum absolute atomic E-state index is 11.8. The Morgan fingerprint density at radius 2 is 1.66 bits per heavy atom. The molecule has 0 bridgehead atoms. The summed E-state index contributed by atoms with van der Waals surface area (Å²) in [7, 11) is 0. The molecule has 4 unspecified atom stereocenters. The highest BCUT2D eigenvalue weighted by atomic mass is 16.5. The minimum atomic E-state index is -0.102. The fraction of sp³-hybridized carbons (Fsp3) is 0.971. The zero-order valence-electron chi connectivity index (χ0n) is 25.9. The van der Waals surface area contributed by atoms with Gasteiger partial charge in [0.1, 0.15) is 6.10 Å². The van der Waals surface area contributed by atoms with E-state index in [1.807, 2.05) is 0 Å². The monoisotopic (exact) mass is 530 g/mol. The molecule has 0 amide bonds. The summed E-state index contributed by atoms with van der Waals surface area (Å²) in [6.45, 7) is 16.2. The van der Waals surface area contributed by atoms with Crippen molar-refractivity contribution >= 4 is 5.97 Å². The van der Waals surface area contributed by atoms with Gasteiger partial charge in [-0.25, -0.2) is 0 Å². The van der Waals surface area contributed by atoms with Gasteiger partial charge in [0.15, 0.2) is 0 Å². The first kappa shape index (κ1) is 30.4. The third kappa shape index (κ3) is 6.32. The quantitative estimate of drug-likeness (QED) is 0.200. The predicted octanol–water partition coefficient (Wildman–Crippen LogP) is 7.74. The topological polar surface area (TPSA) is 64.3 Å². The van der Waals surface area contributed by atoms with E-state index < -0.39 is 0 Å². The molecule has 0 heterocycles. The van der Waals surface area contributed by atoms with Gasteiger partial charge in [-0.05, 0) is 130 Å². The van der Waals surface area contributed by atoms with Gasteiger partial charge in [-0.3, -0.25) is 4.79 Å². The molecule has 4 nitrogen and oxygen atoms in total. The van der Waals surface area contributed by atoms with Crippen LogP contribution >= 0.6 is 0 Å². The number of unbranched alkanes of at least 4 members (excludes halogenated alkanes) is 2. The molecule has 0 aromatic rings. The lowest BCUT2D eigenvalue weighted by Crippen LogP contribution is -2.61. The van der Waals surface area contributed by atoms with Crippen LogP contribution in [0.25, 0.3) is 0 Å². The van der Waals surface area contributed by atoms with Gasteiger partial charge in [0.05, 0.1) is 0 Å². The molecule has 0 radical (unpaired) electrons. The number of carbonyl (C=O) groups excluding carboxylic acids is 1. The summed E-state index contributed by atoms with van der Waals surface area (Å²) in [5.41, 5.74) is 6.69. The summed E-state index contributed by atoms with van der Waals surface area (Å²) < 4.78 is 5.78. The summed E-state index contributed by atoms with van der Waals surface area (Å²) in [5.74, 6) is 5.63. The van der Waals surface area contributed by atoms with Crippen molar-refractivity contribution in [2.45, 2.75) is 144 Å². The van der Waals surface area contributed by atoms with E-state index in [0.717, 1.165) is 67.9 Å². The minimum absolute atomic E-state index is 0.102. The van der Waals surface area contributed by atoms with Gasteiger partial charge in [-0.1, -0.05) is 60.3 Å². The van der Waals surface area contributed by atoms with E-state index >= 15 is 0 Å². The Labute approximate surface area is 235 Å². The molecule has 10 atom stereocenters. The summed E-state index contributed by atoms with van der Waals surface area (Å²) >= 11 is 0. The second-order valence-electron chi connectivity index (χ2n) is 15.2. The van der Waals surface area contributed by atoms with Crippen molar-refractivity contribution in [2.24, 2.45) is 58.0 Å². The molecule has 4 saturated carbocycles. The van der Waals surface area contributed by atoms with E-state index in [1.54, 1.807) is 6.92 Å². The first-order valence-electron chi connectivity index (χ1n) is 16.7. The highest BCUT2D eigenvalue weighted by Crippen LogP contribution is 2.68. The minimum Gasteiger partial charge on any atom is -0.463 e. The smallest absolute Gasteiger partial charge is 0.302 e. The molecule has 4 aliphatic carbocycles. The molecule has 38 heavy (non-hydrogen) atoms. The van der Waals surface area contributed by atoms with Crippen molar-refractivity contribution in [3.05, 3.63) is 0 Å². The summed E-state index contributed by atoms with van der Waals surface area (Å²) in [6.07, 6.45) is 18.3. The standard InChI is InChI=1S/C34H62N2O2/c1-23(2)11-10-12-24(3)28-13-14-29-32-30(16-18-34(28,29)6)33(5)17-15-27(38-25(4)37)21-26(33)22-31(32)36-20-9-7-8-19-35/h23-24,26-32,36H,7-22,35H2,1-6H3/t24-,26-,27+,28-,29?,30?,31?,32?,33+,34-/m1/s1. The SMILES string of the molecule is CC(=O)O[C@H]1CC[C@]2(C)C3CC[C@@]4(C)C(CC[C@@H]4[C@H](C)CCCC(C)C)C3C(NCCCCCN)C[C@H]2C1. The molecule has 3 N–H and O–H groups in total. The van der Waals surface area contributed by atoms with Crippen LogP contribution in [0.5, 0.6) is 0 Å². The number of esters is 1. The van der Waals surface area contributed by atoms with E-state index in [0.29, 0.717) is 22.8 Å². The fourth-order valence-corrected chi connectivity index (χ4v) is 10.5. The number of hydrogen-bond acceptors (Lipinski definition) is 4. The van der Waals surface area contributed by atoms with E-state index in [2.05, 4.69) is 39.9 Å². The first-order chi connectivity index (χ1) is 18.1. The molecule has 4 aliphatic rings. The average Bonchev–Trinajstić information content (AvgIpc) is 3.21. The van der Waals surface area contributed by atoms with E-state index in [1.165, 1.54) is 70.6 Å². The molecular weight excluding hydrogens is 468 g/mol. The highest BCUT2D eigenvalue weighted by molar-refractivity contribution is 5.66. The molecule has 0 aromatic carbocycles. The van der Waals surface area contributed by atoms with Crippen LogP contribution in [0.3, 0.4) is 0 Å². The largest absolute Gasteiger partial charge is 0.463 e. The van der Waals surface area contributed by atoms with Crippen LogP contribution in [-0.4, -0.2) is 31.2 Å². The number of rotatable bonds is 12. The predicted molar refractivity (Wildman–Crippen MR) is 159 cm³/mol. The second kappa shape index (κ2) is 12.9. The van der Waals surface area contributed by atoms with Crippen molar-refractivity contribution in [3.63, 3.8) is 0 Å². The van der Waals surface area contributed by atoms with Crippen molar-refractivity contribution < 1.29 is 9.53 Å². The van der Waals surface area contributed by atoms with Gasteiger partial charge in [0.25, 0.3) is 0 Å². The fourth-order valence-electron chi connectivity index (χ4n) is 10.5. The van der Waals surface area contributed by atoms with Crippen molar-refractivity contribution in [2.75, 3.05) is 13.1 Å². The van der Waals surface area contributed by atoms with Crippen LogP contribution in [0.1, 0.15) is 131 Å². The van der Waals surface area contributed by atoms with Gasteiger partial charge in [0.2, 0.25) is 0 Å². The third-order valence-electron chi connectivity index (χ3n) is 12.5. The van der Waals surface area contributed by atoms with Gasteiger partial charge in [0, 0.05) is 13.0 Å². The van der Waals surface area contributed by atoms with Crippen molar-refractivity contribution in [1.29, 1.82) is 0 Å². The van der Waals surface area contributed by atoms with Crippen LogP contribution in [0, 0.1) is 52.3 Å². The number of ether oxygens (including phenoxy) is 1. The average molecular weight is 531 g/mol. The first-order valence-corrected chi connectivity index (χ1v) is 16.7. The molecule has 0 saturated heterocycles. The van der Waals surface area contributed by atoms with Crippen molar-refractivity contribution in [1.82, 2.24) is 5.32 Å². The number of hydrogen-bond donors (Lipinski definition) is 2. The lowest BCUT2D eigenvalue weighted by Gasteiger charge is -2.63. The van der Waals surface area contributed by atoms with E-state index in [9.17, 15) is 4.79 Å². The molecule has 0 aromatic heterocycles. The van der Waals surface area contributed by atoms with Crippen LogP contribution in [0.2, 0.25) is 0 Å². The Kier molecular flexibility index (Phi) is 10.3. The zero-order chi connectivity index (χ0) is 27.5. The highest BCUT2D eigenvalue weighted by Gasteiger charge is 2.63. The number of nitrogens with two attached hydrogens (primary N) is 1. The summed E-state index contributed by atoms with van der Waals surface area (Å²) in [4.78, 5) is 11.8. The number of nitrogens with one attached hydrogen (secondary N) is 1. The summed E-state index contributed by atoms with van der Waals surface area (Å²) in [6, 6.07) is 0.617. The Morgan fingerprint density at radius 1 is 0.921 bits per heavy atom. The molecule has 4 rings (SSSR count). The zero-order valence-corrected chi connectivity index (χ0v) is 25.9. The Bertz CT molecular complexity index is 770. The maximum Gasteiger partial charge on any atom is 0.302 e. The Hall–Kier alpha value is -0.610. The van der Waals surface area contributed by atoms with Gasteiger partial charge < -0.3 is 15.8 Å². The molecule has 0 spiro atoms. The molecule has 4 fully saturated rings. The van der Waals surface area contributed by atoms with Crippen LogP contribution in [0.15, 0.2) is 0 Å². The molecule has 4 heteroatoms. The van der Waals surface area contributed by atoms with Crippen LogP contribution in [0.4, 0.5) is 0 Å². The Morgan fingerprint density at radius 3 is 2.37 bits per heavy atom. The van der Waals surface area contributed by atoms with Crippen molar-refractivity contribution in [3.8, 4) is 0 Å². The van der Waals surface area contributed by atoms with Gasteiger partial charge in [-0.2, -0.15) is 0 Å². The van der Waals surface area contributed by atoms with Crippen LogP contribution in [-0.2, 0) is 9.53 Å². The number of carbonyl (C=O) groups is 1. The van der Waals surface area contributed by atoms with E-state index in [-0.39, 0.29) is 12.1 Å². The van der Waals surface area contributed by atoms with Gasteiger partial charge in [-0.15, -0.1) is 0 Å². The third-order valence-corrected chi connectivity index (χ3v) is 12.5. The normalized spacial score (nSPS) is 41.3. The summed E-state index contributed by atoms with van der Waals surface area (Å²) in [5, 5.41) is 4.16. The lowest BCUT2D eigenvalue weighted by atomic mass is 9.43. The van der Waals surface area contributed by atoms with E-state index in [4.69, 9.17) is 10.5 Å². The molecule has 0 aliphatic heterocycles. The Balaban J connectivity index is 1.52.